The molecule has 0 aromatic heterocycles. The van der Waals surface area contributed by atoms with Crippen molar-refractivity contribution in [3.63, 3.8) is 0 Å². The molecule has 0 radical (unpaired) electrons. The molecule has 2 rings (SSSR count). The van der Waals surface area contributed by atoms with E-state index in [0.717, 1.165) is 22.6 Å². The molecule has 1 atom stereocenters. The van der Waals surface area contributed by atoms with Crippen LogP contribution in [0, 0.1) is 6.92 Å². The molecule has 2 aromatic carbocycles. The second-order valence-electron chi connectivity index (χ2n) is 6.84. The van der Waals surface area contributed by atoms with Crippen molar-refractivity contribution in [1.29, 1.82) is 0 Å². The number of rotatable bonds is 10. The Morgan fingerprint density at radius 2 is 1.79 bits per heavy atom. The van der Waals surface area contributed by atoms with Gasteiger partial charge in [0.15, 0.2) is 0 Å². The number of hydrogen-bond donors (Lipinski definition) is 1. The Balaban J connectivity index is 2.02. The summed E-state index contributed by atoms with van der Waals surface area (Å²) in [6.07, 6.45) is 1.02. The minimum Gasteiger partial charge on any atom is -0.357 e. The predicted molar refractivity (Wildman–Crippen MR) is 117 cm³/mol. The molecule has 150 valence electrons. The topological polar surface area (TPSA) is 49.4 Å². The van der Waals surface area contributed by atoms with Gasteiger partial charge >= 0.3 is 0 Å². The third-order valence-electron chi connectivity index (χ3n) is 4.64. The minimum absolute atomic E-state index is 0.0255. The summed E-state index contributed by atoms with van der Waals surface area (Å²) in [4.78, 5) is 27.1. The number of carbonyl (C=O) groups excluding carboxylic acids is 2. The van der Waals surface area contributed by atoms with Crippen LogP contribution in [0.25, 0.3) is 0 Å². The highest BCUT2D eigenvalue weighted by atomic mass is 32.2. The van der Waals surface area contributed by atoms with Gasteiger partial charge in [-0.3, -0.25) is 9.59 Å². The van der Waals surface area contributed by atoms with E-state index in [0.29, 0.717) is 19.4 Å². The standard InChI is InChI=1S/C23H30N2O2S/c1-4-21(23(27)24-3)25(16-20-12-8-9-18(2)15-20)22(26)13-14-28-17-19-10-6-5-7-11-19/h5-12,15,21H,4,13-14,16-17H2,1-3H3,(H,24,27). The molecular weight excluding hydrogens is 368 g/mol. The van der Waals surface area contributed by atoms with Crippen molar-refractivity contribution in [2.24, 2.45) is 0 Å². The van der Waals surface area contributed by atoms with Crippen molar-refractivity contribution in [2.75, 3.05) is 12.8 Å². The number of hydrogen-bond acceptors (Lipinski definition) is 3. The highest BCUT2D eigenvalue weighted by Gasteiger charge is 2.27. The zero-order valence-electron chi connectivity index (χ0n) is 17.0. The molecule has 2 aromatic rings. The monoisotopic (exact) mass is 398 g/mol. The second kappa shape index (κ2) is 11.5. The molecule has 1 unspecified atom stereocenters. The van der Waals surface area contributed by atoms with Crippen LogP contribution in [-0.4, -0.2) is 35.6 Å². The maximum atomic E-state index is 13.0. The lowest BCUT2D eigenvalue weighted by molar-refractivity contribution is -0.140. The van der Waals surface area contributed by atoms with E-state index in [-0.39, 0.29) is 11.8 Å². The molecule has 28 heavy (non-hydrogen) atoms. The normalized spacial score (nSPS) is 11.7. The van der Waals surface area contributed by atoms with Crippen molar-refractivity contribution >= 4 is 23.6 Å². The number of aryl methyl sites for hydroxylation is 1. The Morgan fingerprint density at radius 3 is 2.43 bits per heavy atom. The van der Waals surface area contributed by atoms with Crippen LogP contribution in [-0.2, 0) is 21.9 Å². The number of likely N-dealkylation sites (N-methyl/N-ethyl adjacent to an activating group) is 1. The molecular formula is C23H30N2O2S. The lowest BCUT2D eigenvalue weighted by Crippen LogP contribution is -2.48. The Bertz CT molecular complexity index is 764. The number of thioether (sulfide) groups is 1. The second-order valence-corrected chi connectivity index (χ2v) is 7.94. The predicted octanol–water partition coefficient (Wildman–Crippen LogP) is 4.17. The Labute approximate surface area is 172 Å². The summed E-state index contributed by atoms with van der Waals surface area (Å²) in [6, 6.07) is 17.9. The van der Waals surface area contributed by atoms with Crippen molar-refractivity contribution in [3.8, 4) is 0 Å². The summed E-state index contributed by atoms with van der Waals surface area (Å²) in [5, 5.41) is 2.70. The van der Waals surface area contributed by atoms with Crippen molar-refractivity contribution in [1.82, 2.24) is 10.2 Å². The molecule has 0 fully saturated rings. The van der Waals surface area contributed by atoms with Gasteiger partial charge in [0.2, 0.25) is 11.8 Å². The highest BCUT2D eigenvalue weighted by Crippen LogP contribution is 2.17. The largest absolute Gasteiger partial charge is 0.357 e. The zero-order chi connectivity index (χ0) is 20.4. The molecule has 0 aliphatic heterocycles. The highest BCUT2D eigenvalue weighted by molar-refractivity contribution is 7.98. The van der Waals surface area contributed by atoms with E-state index < -0.39 is 6.04 Å². The number of amides is 2. The summed E-state index contributed by atoms with van der Waals surface area (Å²) in [6.45, 7) is 4.43. The Kier molecular flexibility index (Phi) is 9.08. The van der Waals surface area contributed by atoms with E-state index in [4.69, 9.17) is 0 Å². The number of nitrogens with zero attached hydrogens (tertiary/aromatic N) is 1. The van der Waals surface area contributed by atoms with Gasteiger partial charge in [-0.05, 0) is 24.5 Å². The first-order valence-corrected chi connectivity index (χ1v) is 10.9. The molecule has 2 amide bonds. The van der Waals surface area contributed by atoms with Gasteiger partial charge < -0.3 is 10.2 Å². The summed E-state index contributed by atoms with van der Waals surface area (Å²) >= 11 is 1.75. The molecule has 0 saturated carbocycles. The van der Waals surface area contributed by atoms with E-state index in [1.54, 1.807) is 23.7 Å². The minimum atomic E-state index is -0.447. The molecule has 5 heteroatoms. The quantitative estimate of drug-likeness (QED) is 0.611. The van der Waals surface area contributed by atoms with Gasteiger partial charge in [0.05, 0.1) is 0 Å². The fourth-order valence-electron chi connectivity index (χ4n) is 3.16. The van der Waals surface area contributed by atoms with Gasteiger partial charge in [-0.1, -0.05) is 67.1 Å². The fourth-order valence-corrected chi connectivity index (χ4v) is 4.05. The molecule has 0 saturated heterocycles. The first-order chi connectivity index (χ1) is 13.5. The average Bonchev–Trinajstić information content (AvgIpc) is 2.71. The van der Waals surface area contributed by atoms with Gasteiger partial charge in [0, 0.05) is 31.5 Å². The molecule has 0 aliphatic rings. The average molecular weight is 399 g/mol. The number of carbonyl (C=O) groups is 2. The van der Waals surface area contributed by atoms with E-state index in [9.17, 15) is 9.59 Å². The molecule has 0 aliphatic carbocycles. The van der Waals surface area contributed by atoms with Gasteiger partial charge in [-0.2, -0.15) is 11.8 Å². The van der Waals surface area contributed by atoms with Gasteiger partial charge in [-0.25, -0.2) is 0 Å². The summed E-state index contributed by atoms with van der Waals surface area (Å²) in [5.74, 6) is 1.54. The molecule has 0 heterocycles. The third kappa shape index (κ3) is 6.71. The summed E-state index contributed by atoms with van der Waals surface area (Å²) in [7, 11) is 1.62. The summed E-state index contributed by atoms with van der Waals surface area (Å²) in [5.41, 5.74) is 3.46. The molecule has 1 N–H and O–H groups in total. The van der Waals surface area contributed by atoms with Crippen LogP contribution >= 0.6 is 11.8 Å². The van der Waals surface area contributed by atoms with Crippen LogP contribution in [0.4, 0.5) is 0 Å². The lowest BCUT2D eigenvalue weighted by atomic mass is 10.1. The first kappa shape index (κ1) is 22.0. The molecule has 0 spiro atoms. The van der Waals surface area contributed by atoms with E-state index >= 15 is 0 Å². The van der Waals surface area contributed by atoms with Crippen molar-refractivity contribution < 1.29 is 9.59 Å². The zero-order valence-corrected chi connectivity index (χ0v) is 17.8. The van der Waals surface area contributed by atoms with E-state index in [2.05, 4.69) is 23.5 Å². The molecule has 4 nitrogen and oxygen atoms in total. The van der Waals surface area contributed by atoms with Gasteiger partial charge in [-0.15, -0.1) is 0 Å². The summed E-state index contributed by atoms with van der Waals surface area (Å²) < 4.78 is 0. The van der Waals surface area contributed by atoms with Crippen LogP contribution in [0.3, 0.4) is 0 Å². The van der Waals surface area contributed by atoms with Crippen LogP contribution < -0.4 is 5.32 Å². The molecule has 0 bridgehead atoms. The van der Waals surface area contributed by atoms with E-state index in [1.807, 2.05) is 50.2 Å². The van der Waals surface area contributed by atoms with Crippen molar-refractivity contribution in [2.45, 2.75) is 45.0 Å². The van der Waals surface area contributed by atoms with E-state index in [1.165, 1.54) is 5.56 Å². The lowest BCUT2D eigenvalue weighted by Gasteiger charge is -2.30. The van der Waals surface area contributed by atoms with Crippen molar-refractivity contribution in [3.05, 3.63) is 71.3 Å². The van der Waals surface area contributed by atoms with Crippen LogP contribution in [0.2, 0.25) is 0 Å². The Morgan fingerprint density at radius 1 is 1.07 bits per heavy atom. The number of benzene rings is 2. The number of nitrogens with one attached hydrogen (secondary N) is 1. The SMILES string of the molecule is CCC(C(=O)NC)N(Cc1cccc(C)c1)C(=O)CCSCc1ccccc1. The first-order valence-electron chi connectivity index (χ1n) is 9.73. The fraction of sp³-hybridized carbons (Fsp3) is 0.391. The van der Waals surface area contributed by atoms with Crippen LogP contribution in [0.15, 0.2) is 54.6 Å². The van der Waals surface area contributed by atoms with Gasteiger partial charge in [0.1, 0.15) is 6.04 Å². The smallest absolute Gasteiger partial charge is 0.242 e. The maximum Gasteiger partial charge on any atom is 0.242 e. The Hall–Kier alpha value is -2.27. The van der Waals surface area contributed by atoms with Crippen LogP contribution in [0.1, 0.15) is 36.5 Å². The van der Waals surface area contributed by atoms with Crippen LogP contribution in [0.5, 0.6) is 0 Å². The third-order valence-corrected chi connectivity index (χ3v) is 5.67. The maximum absolute atomic E-state index is 13.0. The van der Waals surface area contributed by atoms with Gasteiger partial charge in [0.25, 0.3) is 0 Å².